The topological polar surface area (TPSA) is 59.3 Å². The Morgan fingerprint density at radius 1 is 1.42 bits per heavy atom. The van der Waals surface area contributed by atoms with Crippen molar-refractivity contribution in [2.24, 2.45) is 0 Å². The van der Waals surface area contributed by atoms with Crippen molar-refractivity contribution in [1.82, 2.24) is 4.57 Å². The first-order valence-electron chi connectivity index (χ1n) is 6.02. The lowest BCUT2D eigenvalue weighted by molar-refractivity contribution is 0.0695. The van der Waals surface area contributed by atoms with Crippen LogP contribution in [0.25, 0.3) is 10.9 Å². The average molecular weight is 263 g/mol. The third kappa shape index (κ3) is 2.23. The molecule has 0 saturated carbocycles. The molecule has 0 radical (unpaired) electrons. The van der Waals surface area contributed by atoms with Crippen LogP contribution in [-0.4, -0.2) is 15.6 Å². The highest BCUT2D eigenvalue weighted by Crippen LogP contribution is 2.19. The lowest BCUT2D eigenvalue weighted by Gasteiger charge is -2.13. The van der Waals surface area contributed by atoms with Crippen LogP contribution < -0.4 is 5.43 Å². The first-order valence-corrected chi connectivity index (χ1v) is 6.02. The number of pyridine rings is 1. The zero-order valence-electron chi connectivity index (χ0n) is 10.7. The predicted octanol–water partition coefficient (Wildman–Crippen LogP) is 2.56. The SMILES string of the molecule is CCCn1cc(C(=O)O)c(=O)c2cc(F)cc(C)c21. The number of aromatic carboxylic acids is 1. The van der Waals surface area contributed by atoms with Crippen molar-refractivity contribution in [3.8, 4) is 0 Å². The molecular formula is C14H14FNO3. The zero-order valence-corrected chi connectivity index (χ0v) is 10.7. The van der Waals surface area contributed by atoms with E-state index in [1.54, 1.807) is 11.5 Å². The van der Waals surface area contributed by atoms with E-state index >= 15 is 0 Å². The summed E-state index contributed by atoms with van der Waals surface area (Å²) in [6.07, 6.45) is 2.12. The van der Waals surface area contributed by atoms with E-state index in [0.29, 0.717) is 17.6 Å². The van der Waals surface area contributed by atoms with Crippen molar-refractivity contribution < 1.29 is 14.3 Å². The lowest BCUT2D eigenvalue weighted by atomic mass is 10.1. The second-order valence-corrected chi connectivity index (χ2v) is 4.49. The molecule has 2 rings (SSSR count). The minimum absolute atomic E-state index is 0.117. The van der Waals surface area contributed by atoms with Crippen LogP contribution in [0.15, 0.2) is 23.1 Å². The summed E-state index contributed by atoms with van der Waals surface area (Å²) in [5, 5.41) is 9.17. The lowest BCUT2D eigenvalue weighted by Crippen LogP contribution is -2.19. The van der Waals surface area contributed by atoms with Crippen LogP contribution in [0, 0.1) is 12.7 Å². The molecule has 0 aliphatic rings. The molecule has 1 aromatic heterocycles. The molecule has 1 heterocycles. The number of fused-ring (bicyclic) bond motifs is 1. The van der Waals surface area contributed by atoms with E-state index < -0.39 is 17.2 Å². The Kier molecular flexibility index (Phi) is 3.38. The molecule has 1 aromatic carbocycles. The fraction of sp³-hybridized carbons (Fsp3) is 0.286. The van der Waals surface area contributed by atoms with Gasteiger partial charge in [0, 0.05) is 18.1 Å². The van der Waals surface area contributed by atoms with Crippen LogP contribution in [0.2, 0.25) is 0 Å². The van der Waals surface area contributed by atoms with Gasteiger partial charge in [-0.3, -0.25) is 4.79 Å². The highest BCUT2D eigenvalue weighted by atomic mass is 19.1. The van der Waals surface area contributed by atoms with Crippen molar-refractivity contribution in [1.29, 1.82) is 0 Å². The van der Waals surface area contributed by atoms with Gasteiger partial charge in [-0.2, -0.15) is 0 Å². The summed E-state index contributed by atoms with van der Waals surface area (Å²) in [5.41, 5.74) is 0.249. The molecule has 0 aliphatic heterocycles. The van der Waals surface area contributed by atoms with E-state index in [1.807, 2.05) is 6.92 Å². The van der Waals surface area contributed by atoms with Gasteiger partial charge in [-0.05, 0) is 31.0 Å². The van der Waals surface area contributed by atoms with E-state index in [2.05, 4.69) is 0 Å². The summed E-state index contributed by atoms with van der Waals surface area (Å²) in [6, 6.07) is 2.44. The smallest absolute Gasteiger partial charge is 0.341 e. The number of carboxylic acid groups (broad SMARTS) is 1. The maximum Gasteiger partial charge on any atom is 0.341 e. The van der Waals surface area contributed by atoms with Gasteiger partial charge in [0.25, 0.3) is 0 Å². The quantitative estimate of drug-likeness (QED) is 0.925. The van der Waals surface area contributed by atoms with Crippen LogP contribution in [-0.2, 0) is 6.54 Å². The van der Waals surface area contributed by atoms with Gasteiger partial charge in [0.15, 0.2) is 0 Å². The van der Waals surface area contributed by atoms with E-state index in [9.17, 15) is 14.0 Å². The Hall–Kier alpha value is -2.17. The standard InChI is InChI=1S/C14H14FNO3/c1-3-4-16-7-11(14(18)19)13(17)10-6-9(15)5-8(2)12(10)16/h5-7H,3-4H2,1-2H3,(H,18,19). The summed E-state index contributed by atoms with van der Waals surface area (Å²) < 4.78 is 15.1. The molecule has 0 fully saturated rings. The third-order valence-electron chi connectivity index (χ3n) is 3.02. The minimum atomic E-state index is -1.29. The number of aryl methyl sites for hydroxylation is 2. The van der Waals surface area contributed by atoms with Crippen LogP contribution in [0.5, 0.6) is 0 Å². The normalized spacial score (nSPS) is 10.9. The van der Waals surface area contributed by atoms with Gasteiger partial charge < -0.3 is 9.67 Å². The maximum atomic E-state index is 13.4. The number of hydrogen-bond acceptors (Lipinski definition) is 2. The molecule has 100 valence electrons. The highest BCUT2D eigenvalue weighted by Gasteiger charge is 2.16. The molecule has 5 heteroatoms. The van der Waals surface area contributed by atoms with Gasteiger partial charge in [0.2, 0.25) is 5.43 Å². The zero-order chi connectivity index (χ0) is 14.2. The van der Waals surface area contributed by atoms with Crippen molar-refractivity contribution in [2.75, 3.05) is 0 Å². The Morgan fingerprint density at radius 3 is 2.68 bits per heavy atom. The maximum absolute atomic E-state index is 13.4. The molecule has 2 aromatic rings. The fourth-order valence-electron chi connectivity index (χ4n) is 2.28. The number of hydrogen-bond donors (Lipinski definition) is 1. The molecule has 0 saturated heterocycles. The van der Waals surface area contributed by atoms with Gasteiger partial charge in [0.05, 0.1) is 5.52 Å². The van der Waals surface area contributed by atoms with Gasteiger partial charge in [-0.15, -0.1) is 0 Å². The number of benzene rings is 1. The van der Waals surface area contributed by atoms with Gasteiger partial charge >= 0.3 is 5.97 Å². The Bertz CT molecular complexity index is 719. The van der Waals surface area contributed by atoms with E-state index in [4.69, 9.17) is 5.11 Å². The second kappa shape index (κ2) is 4.84. The summed E-state index contributed by atoms with van der Waals surface area (Å²) in [5.74, 6) is -1.83. The Balaban J connectivity index is 2.96. The molecule has 0 spiro atoms. The number of carbonyl (C=O) groups is 1. The van der Waals surface area contributed by atoms with Crippen molar-refractivity contribution in [2.45, 2.75) is 26.8 Å². The summed E-state index contributed by atoms with van der Waals surface area (Å²) in [6.45, 7) is 4.23. The minimum Gasteiger partial charge on any atom is -0.477 e. The number of carboxylic acids is 1. The number of rotatable bonds is 3. The van der Waals surface area contributed by atoms with Crippen LogP contribution in [0.1, 0.15) is 29.3 Å². The fourth-order valence-corrected chi connectivity index (χ4v) is 2.28. The van der Waals surface area contributed by atoms with Crippen molar-refractivity contribution >= 4 is 16.9 Å². The van der Waals surface area contributed by atoms with Gasteiger partial charge in [-0.1, -0.05) is 6.92 Å². The van der Waals surface area contributed by atoms with Crippen molar-refractivity contribution in [3.63, 3.8) is 0 Å². The molecule has 0 amide bonds. The Morgan fingerprint density at radius 2 is 2.11 bits per heavy atom. The predicted molar refractivity (Wildman–Crippen MR) is 70.2 cm³/mol. The number of nitrogens with zero attached hydrogens (tertiary/aromatic N) is 1. The summed E-state index contributed by atoms with van der Waals surface area (Å²) in [7, 11) is 0. The van der Waals surface area contributed by atoms with Crippen molar-refractivity contribution in [3.05, 3.63) is 45.5 Å². The van der Waals surface area contributed by atoms with Gasteiger partial charge in [-0.25, -0.2) is 9.18 Å². The molecule has 4 nitrogen and oxygen atoms in total. The monoisotopic (exact) mass is 263 g/mol. The molecule has 1 N–H and O–H groups in total. The Labute approximate surface area is 109 Å². The van der Waals surface area contributed by atoms with E-state index in [0.717, 1.165) is 12.5 Å². The molecule has 0 unspecified atom stereocenters. The van der Waals surface area contributed by atoms with Crippen LogP contribution in [0.4, 0.5) is 4.39 Å². The second-order valence-electron chi connectivity index (χ2n) is 4.49. The molecule has 0 aliphatic carbocycles. The van der Waals surface area contributed by atoms with Crippen LogP contribution in [0.3, 0.4) is 0 Å². The summed E-state index contributed by atoms with van der Waals surface area (Å²) in [4.78, 5) is 23.2. The largest absolute Gasteiger partial charge is 0.477 e. The van der Waals surface area contributed by atoms with E-state index in [1.165, 1.54) is 12.3 Å². The first kappa shape index (κ1) is 13.3. The summed E-state index contributed by atoms with van der Waals surface area (Å²) >= 11 is 0. The van der Waals surface area contributed by atoms with Gasteiger partial charge in [0.1, 0.15) is 11.4 Å². The molecule has 19 heavy (non-hydrogen) atoms. The molecule has 0 bridgehead atoms. The highest BCUT2D eigenvalue weighted by molar-refractivity contribution is 5.93. The first-order chi connectivity index (χ1) is 8.95. The van der Waals surface area contributed by atoms with E-state index in [-0.39, 0.29) is 10.9 Å². The third-order valence-corrected chi connectivity index (χ3v) is 3.02. The number of aromatic nitrogens is 1. The average Bonchev–Trinajstić information content (AvgIpc) is 2.32. The molecular weight excluding hydrogens is 249 g/mol. The number of halogens is 1. The molecule has 0 atom stereocenters. The van der Waals surface area contributed by atoms with Crippen LogP contribution >= 0.6 is 0 Å².